The Hall–Kier alpha value is -2.04. The third kappa shape index (κ3) is 7.75. The van der Waals surface area contributed by atoms with Crippen molar-refractivity contribution in [3.05, 3.63) is 59.2 Å². The van der Waals surface area contributed by atoms with E-state index in [4.69, 9.17) is 19.2 Å². The number of nitrogens with zero attached hydrogens (tertiary/aromatic N) is 2. The van der Waals surface area contributed by atoms with Gasteiger partial charge in [-0.3, -0.25) is 4.90 Å². The Morgan fingerprint density at radius 1 is 0.939 bits per heavy atom. The molecule has 1 fully saturated rings. The Bertz CT molecular complexity index is 903. The van der Waals surface area contributed by atoms with E-state index in [2.05, 4.69) is 52.8 Å². The second-order valence-electron chi connectivity index (χ2n) is 8.04. The van der Waals surface area contributed by atoms with E-state index in [1.807, 2.05) is 12.1 Å². The van der Waals surface area contributed by atoms with Crippen molar-refractivity contribution in [1.82, 2.24) is 15.5 Å². The van der Waals surface area contributed by atoms with E-state index in [-0.39, 0.29) is 24.0 Å². The average molecular weight is 566 g/mol. The second-order valence-corrected chi connectivity index (χ2v) is 8.04. The van der Waals surface area contributed by atoms with Gasteiger partial charge < -0.3 is 24.8 Å². The molecule has 1 saturated heterocycles. The number of ether oxygens (including phenoxy) is 3. The van der Waals surface area contributed by atoms with Crippen LogP contribution in [0.3, 0.4) is 0 Å². The monoisotopic (exact) mass is 566 g/mol. The van der Waals surface area contributed by atoms with Crippen LogP contribution in [0.5, 0.6) is 11.5 Å². The van der Waals surface area contributed by atoms with Crippen LogP contribution in [0.2, 0.25) is 0 Å². The van der Waals surface area contributed by atoms with Crippen LogP contribution in [0.1, 0.15) is 30.0 Å². The number of hydrogen-bond acceptors (Lipinski definition) is 5. The van der Waals surface area contributed by atoms with Crippen LogP contribution in [-0.2, 0) is 24.4 Å². The summed E-state index contributed by atoms with van der Waals surface area (Å²) in [7, 11) is 0. The third-order valence-corrected chi connectivity index (χ3v) is 5.64. The molecular formula is C25H35IN4O3. The maximum atomic E-state index is 5.81. The van der Waals surface area contributed by atoms with Gasteiger partial charge >= 0.3 is 0 Å². The molecule has 2 aromatic rings. The van der Waals surface area contributed by atoms with Gasteiger partial charge in [0, 0.05) is 39.1 Å². The first kappa shape index (κ1) is 25.6. The molecule has 2 N–H and O–H groups in total. The SMILES string of the molecule is CCNC(=NCc1ccc2c(c1)OCCCO2)NCc1ccccc1CN1CCOCC1.I. The Morgan fingerprint density at radius 2 is 1.70 bits per heavy atom. The second kappa shape index (κ2) is 13.6. The first-order valence-corrected chi connectivity index (χ1v) is 11.6. The highest BCUT2D eigenvalue weighted by Gasteiger charge is 2.13. The van der Waals surface area contributed by atoms with Crippen LogP contribution in [0, 0.1) is 0 Å². The number of morpholine rings is 1. The van der Waals surface area contributed by atoms with Crippen LogP contribution in [0.4, 0.5) is 0 Å². The fraction of sp³-hybridized carbons (Fsp3) is 0.480. The van der Waals surface area contributed by atoms with E-state index >= 15 is 0 Å². The van der Waals surface area contributed by atoms with Crippen LogP contribution in [-0.4, -0.2) is 56.9 Å². The van der Waals surface area contributed by atoms with Gasteiger partial charge in [0.1, 0.15) is 0 Å². The molecular weight excluding hydrogens is 531 g/mol. The van der Waals surface area contributed by atoms with Crippen molar-refractivity contribution in [2.75, 3.05) is 46.1 Å². The highest BCUT2D eigenvalue weighted by molar-refractivity contribution is 14.0. The molecule has 2 aliphatic rings. The quantitative estimate of drug-likeness (QED) is 0.304. The van der Waals surface area contributed by atoms with Gasteiger partial charge in [0.25, 0.3) is 0 Å². The average Bonchev–Trinajstić information content (AvgIpc) is 3.07. The highest BCUT2D eigenvalue weighted by Crippen LogP contribution is 2.30. The molecule has 0 unspecified atom stereocenters. The Morgan fingerprint density at radius 3 is 2.48 bits per heavy atom. The molecule has 0 amide bonds. The lowest BCUT2D eigenvalue weighted by Gasteiger charge is -2.27. The summed E-state index contributed by atoms with van der Waals surface area (Å²) in [6.07, 6.45) is 0.906. The van der Waals surface area contributed by atoms with Crippen molar-refractivity contribution in [2.24, 2.45) is 4.99 Å². The van der Waals surface area contributed by atoms with Crippen LogP contribution in [0.15, 0.2) is 47.5 Å². The van der Waals surface area contributed by atoms with Crippen molar-refractivity contribution < 1.29 is 14.2 Å². The molecule has 7 nitrogen and oxygen atoms in total. The topological polar surface area (TPSA) is 67.4 Å². The van der Waals surface area contributed by atoms with Crippen molar-refractivity contribution in [3.8, 4) is 11.5 Å². The molecule has 0 spiro atoms. The number of aliphatic imine (C=N–C) groups is 1. The number of benzene rings is 2. The predicted molar refractivity (Wildman–Crippen MR) is 142 cm³/mol. The standard InChI is InChI=1S/C25H34N4O3.HI/c1-2-26-25(27-17-20-8-9-23-24(16-20)32-13-5-12-31-23)28-18-21-6-3-4-7-22(21)19-29-10-14-30-15-11-29;/h3-4,6-9,16H,2,5,10-15,17-19H2,1H3,(H2,26,27,28);1H. The molecule has 0 bridgehead atoms. The Kier molecular flexibility index (Phi) is 10.6. The minimum Gasteiger partial charge on any atom is -0.490 e. The number of fused-ring (bicyclic) bond motifs is 1. The van der Waals surface area contributed by atoms with Gasteiger partial charge in [0.2, 0.25) is 0 Å². The van der Waals surface area contributed by atoms with E-state index in [1.54, 1.807) is 0 Å². The Labute approximate surface area is 213 Å². The van der Waals surface area contributed by atoms with E-state index < -0.39 is 0 Å². The fourth-order valence-corrected chi connectivity index (χ4v) is 3.88. The van der Waals surface area contributed by atoms with Crippen LogP contribution in [0.25, 0.3) is 0 Å². The maximum Gasteiger partial charge on any atom is 0.191 e. The number of guanidine groups is 1. The highest BCUT2D eigenvalue weighted by atomic mass is 127. The van der Waals surface area contributed by atoms with Gasteiger partial charge in [-0.2, -0.15) is 0 Å². The molecule has 2 aliphatic heterocycles. The molecule has 8 heteroatoms. The summed E-state index contributed by atoms with van der Waals surface area (Å²) < 4.78 is 17.0. The minimum atomic E-state index is 0. The van der Waals surface area contributed by atoms with E-state index in [9.17, 15) is 0 Å². The van der Waals surface area contributed by atoms with Gasteiger partial charge in [0.15, 0.2) is 17.5 Å². The van der Waals surface area contributed by atoms with Crippen molar-refractivity contribution in [1.29, 1.82) is 0 Å². The number of hydrogen-bond donors (Lipinski definition) is 2. The summed E-state index contributed by atoms with van der Waals surface area (Å²) in [5, 5.41) is 6.85. The zero-order chi connectivity index (χ0) is 22.0. The first-order valence-electron chi connectivity index (χ1n) is 11.6. The number of rotatable bonds is 7. The maximum absolute atomic E-state index is 5.81. The Balaban J connectivity index is 0.00000306. The molecule has 33 heavy (non-hydrogen) atoms. The van der Waals surface area contributed by atoms with Crippen molar-refractivity contribution >= 4 is 29.9 Å². The number of halogens is 1. The molecule has 2 aromatic carbocycles. The normalized spacial score (nSPS) is 16.5. The van der Waals surface area contributed by atoms with Gasteiger partial charge in [-0.25, -0.2) is 4.99 Å². The van der Waals surface area contributed by atoms with Crippen molar-refractivity contribution in [3.63, 3.8) is 0 Å². The molecule has 4 rings (SSSR count). The third-order valence-electron chi connectivity index (χ3n) is 5.64. The summed E-state index contributed by atoms with van der Waals surface area (Å²) in [6, 6.07) is 14.7. The summed E-state index contributed by atoms with van der Waals surface area (Å²) in [5.74, 6) is 2.43. The predicted octanol–water partition coefficient (Wildman–Crippen LogP) is 3.55. The fourth-order valence-electron chi connectivity index (χ4n) is 3.88. The van der Waals surface area contributed by atoms with Gasteiger partial charge in [-0.1, -0.05) is 30.3 Å². The summed E-state index contributed by atoms with van der Waals surface area (Å²) in [4.78, 5) is 7.24. The molecule has 0 aliphatic carbocycles. The smallest absolute Gasteiger partial charge is 0.191 e. The first-order chi connectivity index (χ1) is 15.8. The minimum absolute atomic E-state index is 0. The van der Waals surface area contributed by atoms with E-state index in [0.29, 0.717) is 19.8 Å². The lowest BCUT2D eigenvalue weighted by molar-refractivity contribution is 0.0341. The van der Waals surface area contributed by atoms with E-state index in [0.717, 1.165) is 75.4 Å². The molecule has 0 aromatic heterocycles. The van der Waals surface area contributed by atoms with Crippen molar-refractivity contribution in [2.45, 2.75) is 33.0 Å². The zero-order valence-electron chi connectivity index (χ0n) is 19.3. The molecule has 0 atom stereocenters. The van der Waals surface area contributed by atoms with Gasteiger partial charge in [0.05, 0.1) is 33.0 Å². The summed E-state index contributed by atoms with van der Waals surface area (Å²) in [5.41, 5.74) is 3.74. The van der Waals surface area contributed by atoms with Crippen LogP contribution < -0.4 is 20.1 Å². The summed E-state index contributed by atoms with van der Waals surface area (Å²) in [6.45, 7) is 10.1. The van der Waals surface area contributed by atoms with Crippen LogP contribution >= 0.6 is 24.0 Å². The zero-order valence-corrected chi connectivity index (χ0v) is 21.7. The largest absolute Gasteiger partial charge is 0.490 e. The molecule has 180 valence electrons. The number of nitrogens with one attached hydrogen (secondary N) is 2. The lowest BCUT2D eigenvalue weighted by atomic mass is 10.1. The molecule has 0 saturated carbocycles. The molecule has 0 radical (unpaired) electrons. The molecule has 2 heterocycles. The van der Waals surface area contributed by atoms with E-state index in [1.165, 1.54) is 11.1 Å². The van der Waals surface area contributed by atoms with Gasteiger partial charge in [-0.05, 0) is 35.7 Å². The van der Waals surface area contributed by atoms with Gasteiger partial charge in [-0.15, -0.1) is 24.0 Å². The lowest BCUT2D eigenvalue weighted by Crippen LogP contribution is -2.38. The summed E-state index contributed by atoms with van der Waals surface area (Å²) >= 11 is 0.